The van der Waals surface area contributed by atoms with Gasteiger partial charge in [0.1, 0.15) is 5.75 Å². The van der Waals surface area contributed by atoms with Crippen LogP contribution in [-0.4, -0.2) is 24.1 Å². The minimum absolute atomic E-state index is 0.142. The maximum atomic E-state index is 9.51. The molecule has 0 aliphatic heterocycles. The molecule has 1 aromatic rings. The molecule has 5 saturated carbocycles. The first-order valence-electron chi connectivity index (χ1n) is 13.6. The predicted octanol–water partition coefficient (Wildman–Crippen LogP) is 7.08. The van der Waals surface area contributed by atoms with Crippen molar-refractivity contribution in [2.75, 3.05) is 6.61 Å². The van der Waals surface area contributed by atoms with E-state index in [4.69, 9.17) is 9.47 Å². The Bertz CT molecular complexity index is 698. The highest BCUT2D eigenvalue weighted by atomic mass is 16.7. The third kappa shape index (κ3) is 5.04. The topological polar surface area (TPSA) is 38.7 Å². The number of hydrogen-bond donors (Lipinski definition) is 1. The first-order valence-corrected chi connectivity index (χ1v) is 13.6. The van der Waals surface area contributed by atoms with E-state index >= 15 is 0 Å². The number of hydrogen-bond acceptors (Lipinski definition) is 3. The zero-order valence-corrected chi connectivity index (χ0v) is 20.3. The van der Waals surface area contributed by atoms with Gasteiger partial charge in [-0.15, -0.1) is 0 Å². The molecule has 32 heavy (non-hydrogen) atoms. The van der Waals surface area contributed by atoms with Crippen LogP contribution in [0.5, 0.6) is 5.75 Å². The van der Waals surface area contributed by atoms with Crippen LogP contribution in [0.25, 0.3) is 0 Å². The standard InChI is InChI=1S/C29H44O3/c1-3-20(2)25-6-10-27(11-7-25)32-28(31-26-8-4-21(19-30)5-9-26)18-29-15-22-12-23(16-29)14-24(13-22)17-29/h6-7,10-11,20-24,26,28,30H,3-5,8-9,12-19H2,1-2H3. The number of aliphatic hydroxyl groups is 1. The zero-order chi connectivity index (χ0) is 22.1. The average molecular weight is 441 g/mol. The van der Waals surface area contributed by atoms with Gasteiger partial charge in [-0.3, -0.25) is 0 Å². The molecule has 0 saturated heterocycles. The van der Waals surface area contributed by atoms with Crippen molar-refractivity contribution in [2.45, 2.75) is 109 Å². The van der Waals surface area contributed by atoms with Crippen molar-refractivity contribution in [3.05, 3.63) is 29.8 Å². The molecule has 5 fully saturated rings. The van der Waals surface area contributed by atoms with Gasteiger partial charge in [-0.25, -0.2) is 0 Å². The molecule has 0 heterocycles. The van der Waals surface area contributed by atoms with Crippen molar-refractivity contribution < 1.29 is 14.6 Å². The summed E-state index contributed by atoms with van der Waals surface area (Å²) in [5.41, 5.74) is 1.83. The fourth-order valence-electron chi connectivity index (χ4n) is 7.94. The monoisotopic (exact) mass is 440 g/mol. The van der Waals surface area contributed by atoms with Gasteiger partial charge in [0.05, 0.1) is 6.10 Å². The van der Waals surface area contributed by atoms with Crippen LogP contribution in [0.1, 0.15) is 102 Å². The minimum Gasteiger partial charge on any atom is -0.465 e. The molecule has 5 aliphatic carbocycles. The molecule has 1 aromatic carbocycles. The van der Waals surface area contributed by atoms with Crippen LogP contribution in [-0.2, 0) is 4.74 Å². The first-order chi connectivity index (χ1) is 15.5. The highest BCUT2D eigenvalue weighted by Crippen LogP contribution is 2.61. The third-order valence-corrected chi connectivity index (χ3v) is 9.49. The summed E-state index contributed by atoms with van der Waals surface area (Å²) in [7, 11) is 0. The van der Waals surface area contributed by atoms with Gasteiger partial charge in [0.15, 0.2) is 0 Å². The van der Waals surface area contributed by atoms with E-state index in [2.05, 4.69) is 38.1 Å². The lowest BCUT2D eigenvalue weighted by atomic mass is 9.49. The second-order valence-electron chi connectivity index (χ2n) is 12.0. The zero-order valence-electron chi connectivity index (χ0n) is 20.3. The molecular formula is C29H44O3. The Morgan fingerprint density at radius 3 is 2.06 bits per heavy atom. The number of rotatable bonds is 9. The SMILES string of the molecule is CCC(C)c1ccc(OC(CC23CC4CC(CC(C4)C2)C3)OC2CCC(CO)CC2)cc1. The van der Waals surface area contributed by atoms with E-state index < -0.39 is 0 Å². The van der Waals surface area contributed by atoms with E-state index in [0.29, 0.717) is 23.9 Å². The molecule has 5 aliphatic rings. The Morgan fingerprint density at radius 1 is 0.938 bits per heavy atom. The summed E-state index contributed by atoms with van der Waals surface area (Å²) < 4.78 is 13.3. The van der Waals surface area contributed by atoms with E-state index in [1.54, 1.807) is 0 Å². The average Bonchev–Trinajstić information content (AvgIpc) is 2.78. The molecule has 0 spiro atoms. The van der Waals surface area contributed by atoms with Crippen LogP contribution >= 0.6 is 0 Å². The summed E-state index contributed by atoms with van der Waals surface area (Å²) in [6, 6.07) is 8.77. The number of aliphatic hydroxyl groups excluding tert-OH is 1. The fourth-order valence-corrected chi connectivity index (χ4v) is 7.94. The van der Waals surface area contributed by atoms with E-state index in [0.717, 1.165) is 62.0 Å². The van der Waals surface area contributed by atoms with Crippen molar-refractivity contribution in [3.63, 3.8) is 0 Å². The second kappa shape index (κ2) is 9.66. The summed E-state index contributed by atoms with van der Waals surface area (Å²) in [6.45, 7) is 4.86. The summed E-state index contributed by atoms with van der Waals surface area (Å²) in [6.07, 6.45) is 15.2. The number of benzene rings is 1. The molecule has 178 valence electrons. The normalized spacial score (nSPS) is 37.9. The van der Waals surface area contributed by atoms with Crippen molar-refractivity contribution in [2.24, 2.45) is 29.1 Å². The van der Waals surface area contributed by atoms with Crippen LogP contribution < -0.4 is 4.74 Å². The van der Waals surface area contributed by atoms with E-state index in [1.807, 2.05) is 0 Å². The molecule has 2 unspecified atom stereocenters. The molecule has 2 atom stereocenters. The smallest absolute Gasteiger partial charge is 0.200 e. The third-order valence-electron chi connectivity index (χ3n) is 9.49. The van der Waals surface area contributed by atoms with Gasteiger partial charge in [-0.05, 0) is 123 Å². The molecule has 3 nitrogen and oxygen atoms in total. The van der Waals surface area contributed by atoms with Crippen LogP contribution in [0.15, 0.2) is 24.3 Å². The Hall–Kier alpha value is -1.06. The van der Waals surface area contributed by atoms with Crippen molar-refractivity contribution >= 4 is 0 Å². The maximum absolute atomic E-state index is 9.51. The maximum Gasteiger partial charge on any atom is 0.200 e. The van der Waals surface area contributed by atoms with Gasteiger partial charge in [-0.1, -0.05) is 26.0 Å². The quantitative estimate of drug-likeness (QED) is 0.417. The van der Waals surface area contributed by atoms with Crippen molar-refractivity contribution in [1.29, 1.82) is 0 Å². The van der Waals surface area contributed by atoms with Gasteiger partial charge in [0.25, 0.3) is 0 Å². The lowest BCUT2D eigenvalue weighted by Crippen LogP contribution is -2.48. The lowest BCUT2D eigenvalue weighted by Gasteiger charge is -2.57. The summed E-state index contributed by atoms with van der Waals surface area (Å²) >= 11 is 0. The van der Waals surface area contributed by atoms with Crippen molar-refractivity contribution in [1.82, 2.24) is 0 Å². The van der Waals surface area contributed by atoms with Crippen LogP contribution in [0, 0.1) is 29.1 Å². The van der Waals surface area contributed by atoms with Gasteiger partial charge in [0.2, 0.25) is 6.29 Å². The highest BCUT2D eigenvalue weighted by molar-refractivity contribution is 5.29. The van der Waals surface area contributed by atoms with Crippen LogP contribution in [0.3, 0.4) is 0 Å². The molecule has 4 bridgehead atoms. The summed E-state index contributed by atoms with van der Waals surface area (Å²) in [5, 5.41) is 9.51. The van der Waals surface area contributed by atoms with Gasteiger partial charge < -0.3 is 14.6 Å². The largest absolute Gasteiger partial charge is 0.465 e. The van der Waals surface area contributed by atoms with E-state index in [-0.39, 0.29) is 12.4 Å². The predicted molar refractivity (Wildman–Crippen MR) is 129 cm³/mol. The molecular weight excluding hydrogens is 396 g/mol. The molecule has 3 heteroatoms. The highest BCUT2D eigenvalue weighted by Gasteiger charge is 2.52. The first kappa shape index (κ1) is 22.7. The van der Waals surface area contributed by atoms with E-state index in [1.165, 1.54) is 44.1 Å². The van der Waals surface area contributed by atoms with Crippen LogP contribution in [0.4, 0.5) is 0 Å². The lowest BCUT2D eigenvalue weighted by molar-refractivity contribution is -0.171. The van der Waals surface area contributed by atoms with Crippen molar-refractivity contribution in [3.8, 4) is 5.75 Å². The molecule has 0 radical (unpaired) electrons. The second-order valence-corrected chi connectivity index (χ2v) is 12.0. The molecule has 6 rings (SSSR count). The number of ether oxygens (including phenoxy) is 2. The minimum atomic E-state index is -0.142. The van der Waals surface area contributed by atoms with Crippen LogP contribution in [0.2, 0.25) is 0 Å². The molecule has 0 amide bonds. The Labute approximate surface area is 195 Å². The van der Waals surface area contributed by atoms with Gasteiger partial charge in [0, 0.05) is 13.0 Å². The van der Waals surface area contributed by atoms with Gasteiger partial charge >= 0.3 is 0 Å². The summed E-state index contributed by atoms with van der Waals surface area (Å²) in [4.78, 5) is 0. The Kier molecular flexibility index (Phi) is 6.86. The van der Waals surface area contributed by atoms with E-state index in [9.17, 15) is 5.11 Å². The van der Waals surface area contributed by atoms with Gasteiger partial charge in [-0.2, -0.15) is 0 Å². The Morgan fingerprint density at radius 2 is 1.53 bits per heavy atom. The Balaban J connectivity index is 1.29. The molecule has 0 aromatic heterocycles. The summed E-state index contributed by atoms with van der Waals surface area (Å²) in [5.74, 6) is 4.87. The molecule has 1 N–H and O–H groups in total. The fraction of sp³-hybridized carbons (Fsp3) is 0.793.